The van der Waals surface area contributed by atoms with E-state index in [1.807, 2.05) is 0 Å². The van der Waals surface area contributed by atoms with E-state index in [2.05, 4.69) is 4.99 Å². The Morgan fingerprint density at radius 2 is 2.04 bits per heavy atom. The average molecular weight is 370 g/mol. The minimum Gasteiger partial charge on any atom is -0.269 e. The Bertz CT molecular complexity index is 790. The molecule has 0 radical (unpaired) electrons. The lowest BCUT2D eigenvalue weighted by Crippen LogP contribution is -2.59. The van der Waals surface area contributed by atoms with E-state index in [4.69, 9.17) is 11.6 Å². The Morgan fingerprint density at radius 1 is 1.33 bits per heavy atom. The number of benzene rings is 1. The second-order valence-electron chi connectivity index (χ2n) is 5.46. The highest BCUT2D eigenvalue weighted by Gasteiger charge is 2.51. The van der Waals surface area contributed by atoms with Crippen molar-refractivity contribution in [1.29, 1.82) is 0 Å². The number of carbonyl (C=O) groups is 2. The van der Waals surface area contributed by atoms with Gasteiger partial charge in [-0.05, 0) is 23.9 Å². The zero-order chi connectivity index (χ0) is 17.6. The molecule has 2 aliphatic rings. The monoisotopic (exact) mass is 369 g/mol. The van der Waals surface area contributed by atoms with Crippen molar-refractivity contribution in [2.75, 3.05) is 21.1 Å². The van der Waals surface area contributed by atoms with E-state index >= 15 is 0 Å². The molecule has 1 aromatic carbocycles. The second kappa shape index (κ2) is 6.18. The Hall–Kier alpha value is -1.93. The smallest absolute Gasteiger partial charge is 0.269 e. The van der Waals surface area contributed by atoms with E-state index in [1.165, 1.54) is 29.8 Å². The number of hydrogen-bond donors (Lipinski definition) is 0. The van der Waals surface area contributed by atoms with Gasteiger partial charge in [0.1, 0.15) is 5.82 Å². The molecule has 3 rings (SSSR count). The Kier molecular flexibility index (Phi) is 4.35. The number of fused-ring (bicyclic) bond motifs is 1. The zero-order valence-corrected chi connectivity index (χ0v) is 14.9. The summed E-state index contributed by atoms with van der Waals surface area (Å²) >= 11 is 7.30. The number of nitrogens with zero attached hydrogens (tertiary/aromatic N) is 4. The first-order chi connectivity index (χ1) is 11.3. The molecule has 2 heterocycles. The van der Waals surface area contributed by atoms with Gasteiger partial charge in [0.05, 0.1) is 14.1 Å². The quantitative estimate of drug-likeness (QED) is 0.749. The van der Waals surface area contributed by atoms with Gasteiger partial charge in [-0.15, -0.1) is 4.99 Å². The summed E-state index contributed by atoms with van der Waals surface area (Å²) in [6.45, 7) is 0. The summed E-state index contributed by atoms with van der Waals surface area (Å²) in [7, 11) is 4.76. The van der Waals surface area contributed by atoms with Crippen molar-refractivity contribution >= 4 is 46.3 Å². The molecule has 0 saturated carbocycles. The fourth-order valence-corrected chi connectivity index (χ4v) is 4.00. The summed E-state index contributed by atoms with van der Waals surface area (Å²) in [5.74, 6) is 0.0187. The van der Waals surface area contributed by atoms with Gasteiger partial charge in [0.2, 0.25) is 0 Å². The van der Waals surface area contributed by atoms with E-state index in [0.29, 0.717) is 21.6 Å². The largest absolute Gasteiger partial charge is 0.388 e. The van der Waals surface area contributed by atoms with Crippen LogP contribution >= 0.6 is 23.4 Å². The summed E-state index contributed by atoms with van der Waals surface area (Å²) in [6.07, 6.45) is 0. The molecule has 1 atom stereocenters. The number of likely N-dealkylation sites (N-methyl/N-ethyl adjacent to an activating group) is 2. The van der Waals surface area contributed by atoms with Crippen LogP contribution in [-0.4, -0.2) is 64.5 Å². The van der Waals surface area contributed by atoms with Gasteiger partial charge in [0.25, 0.3) is 23.0 Å². The van der Waals surface area contributed by atoms with E-state index in [9.17, 15) is 14.0 Å². The summed E-state index contributed by atoms with van der Waals surface area (Å²) in [5.41, 5.74) is 0.382. The number of urea groups is 1. The van der Waals surface area contributed by atoms with Crippen LogP contribution in [0.3, 0.4) is 0 Å². The molecule has 0 aliphatic carbocycles. The number of rotatable bonds is 2. The lowest BCUT2D eigenvalue weighted by atomic mass is 10.2. The Balaban J connectivity index is 1.87. The lowest BCUT2D eigenvalue weighted by Gasteiger charge is -2.27. The normalized spacial score (nSPS) is 20.7. The fraction of sp³-hybridized carbons (Fsp3) is 0.333. The lowest BCUT2D eigenvalue weighted by molar-refractivity contribution is -0.367. The zero-order valence-electron chi connectivity index (χ0n) is 13.3. The third kappa shape index (κ3) is 2.59. The van der Waals surface area contributed by atoms with Gasteiger partial charge >= 0.3 is 6.03 Å². The van der Waals surface area contributed by atoms with Crippen molar-refractivity contribution in [3.63, 3.8) is 0 Å². The number of hydrogen-bond acceptors (Lipinski definition) is 4. The fourth-order valence-electron chi connectivity index (χ4n) is 2.65. The topological polar surface area (TPSA) is 56.0 Å². The first-order valence-corrected chi connectivity index (χ1v) is 8.48. The molecule has 126 valence electrons. The first kappa shape index (κ1) is 16.9. The number of halogens is 2. The van der Waals surface area contributed by atoms with Gasteiger partial charge in [-0.2, -0.15) is 0 Å². The Labute approximate surface area is 147 Å². The molecule has 2 aliphatic heterocycles. The van der Waals surface area contributed by atoms with Gasteiger partial charge in [-0.1, -0.05) is 17.7 Å². The molecule has 6 nitrogen and oxygen atoms in total. The number of imide groups is 1. The van der Waals surface area contributed by atoms with E-state index in [-0.39, 0.29) is 17.5 Å². The van der Waals surface area contributed by atoms with Crippen LogP contribution in [0.1, 0.15) is 5.56 Å². The number of carbonyl (C=O) groups excluding carboxylic acids is 2. The van der Waals surface area contributed by atoms with Crippen molar-refractivity contribution in [3.8, 4) is 0 Å². The summed E-state index contributed by atoms with van der Waals surface area (Å²) < 4.78 is 15.6. The van der Waals surface area contributed by atoms with Crippen LogP contribution in [-0.2, 0) is 10.5 Å². The highest BCUT2D eigenvalue weighted by molar-refractivity contribution is 8.12. The molecule has 0 bridgehead atoms. The number of aliphatic imine (C=N–C) groups is 1. The van der Waals surface area contributed by atoms with Gasteiger partial charge in [-0.3, -0.25) is 9.69 Å². The minimum atomic E-state index is -0.749. The van der Waals surface area contributed by atoms with Gasteiger partial charge in [-0.25, -0.2) is 18.7 Å². The number of amides is 3. The van der Waals surface area contributed by atoms with E-state index < -0.39 is 12.1 Å². The molecule has 1 aromatic rings. The molecule has 1 fully saturated rings. The Morgan fingerprint density at radius 3 is 2.71 bits per heavy atom. The molecule has 1 saturated heterocycles. The molecule has 3 amide bonds. The summed E-state index contributed by atoms with van der Waals surface area (Å²) in [4.78, 5) is 31.2. The highest BCUT2D eigenvalue weighted by atomic mass is 35.5. The molecule has 0 aromatic heterocycles. The van der Waals surface area contributed by atoms with Crippen LogP contribution in [0, 0.1) is 5.82 Å². The predicted octanol–water partition coefficient (Wildman–Crippen LogP) is 2.02. The maximum absolute atomic E-state index is 13.9. The van der Waals surface area contributed by atoms with Crippen LogP contribution in [0.25, 0.3) is 0 Å². The number of amidine groups is 2. The van der Waals surface area contributed by atoms with Crippen LogP contribution in [0.2, 0.25) is 5.02 Å². The summed E-state index contributed by atoms with van der Waals surface area (Å²) in [6, 6.07) is 3.37. The maximum atomic E-state index is 13.9. The van der Waals surface area contributed by atoms with Crippen LogP contribution in [0.5, 0.6) is 0 Å². The second-order valence-corrected chi connectivity index (χ2v) is 6.81. The average Bonchev–Trinajstić information content (AvgIpc) is 2.87. The van der Waals surface area contributed by atoms with Gasteiger partial charge < -0.3 is 0 Å². The molecule has 0 N–H and O–H groups in total. The molecule has 9 heteroatoms. The third-order valence-electron chi connectivity index (χ3n) is 4.00. The molecule has 0 spiro atoms. The SMILES string of the molecule is CN1C(=O)C2N=C(SCc3c(F)cccc3Cl)[N+](C)=C2N(C)C1=O. The molecular weight excluding hydrogens is 355 g/mol. The third-order valence-corrected chi connectivity index (χ3v) is 5.43. The van der Waals surface area contributed by atoms with Crippen molar-refractivity contribution < 1.29 is 18.6 Å². The van der Waals surface area contributed by atoms with Crippen LogP contribution < -0.4 is 0 Å². The van der Waals surface area contributed by atoms with Crippen molar-refractivity contribution in [1.82, 2.24) is 9.80 Å². The van der Waals surface area contributed by atoms with Crippen molar-refractivity contribution in [2.24, 2.45) is 4.99 Å². The first-order valence-electron chi connectivity index (χ1n) is 7.12. The predicted molar refractivity (Wildman–Crippen MR) is 91.0 cm³/mol. The maximum Gasteiger partial charge on any atom is 0.388 e. The van der Waals surface area contributed by atoms with Crippen molar-refractivity contribution in [3.05, 3.63) is 34.6 Å². The summed E-state index contributed by atoms with van der Waals surface area (Å²) in [5, 5.41) is 0.884. The van der Waals surface area contributed by atoms with Gasteiger partial charge in [0, 0.05) is 23.4 Å². The molecular formula is C15H15ClFN4O2S+. The molecule has 1 unspecified atom stereocenters. The van der Waals surface area contributed by atoms with Crippen LogP contribution in [0.15, 0.2) is 23.2 Å². The minimum absolute atomic E-state index is 0.274. The van der Waals surface area contributed by atoms with Crippen molar-refractivity contribution in [2.45, 2.75) is 11.8 Å². The number of thioether (sulfide) groups is 1. The van der Waals surface area contributed by atoms with E-state index in [0.717, 1.165) is 4.90 Å². The van der Waals surface area contributed by atoms with E-state index in [1.54, 1.807) is 30.8 Å². The standard InChI is InChI=1S/C15H15ClFN4O2S/c1-19-12-11(13(22)21(3)15(23)20(12)2)18-14(19)24-7-8-9(16)5-4-6-10(8)17/h4-6,11H,7H2,1-3H3/q+1. The highest BCUT2D eigenvalue weighted by Crippen LogP contribution is 2.27. The van der Waals surface area contributed by atoms with Crippen LogP contribution in [0.4, 0.5) is 9.18 Å². The van der Waals surface area contributed by atoms with Gasteiger partial charge in [0.15, 0.2) is 0 Å². The molecule has 24 heavy (non-hydrogen) atoms.